The molecule has 0 radical (unpaired) electrons. The largest absolute Gasteiger partial charge is 0.396 e. The zero-order valence-electron chi connectivity index (χ0n) is 10.0. The minimum Gasteiger partial charge on any atom is -0.396 e. The Morgan fingerprint density at radius 1 is 1.50 bits per heavy atom. The minimum absolute atomic E-state index is 0.0489. The van der Waals surface area contributed by atoms with E-state index in [9.17, 15) is 9.59 Å². The van der Waals surface area contributed by atoms with E-state index in [4.69, 9.17) is 5.73 Å². The van der Waals surface area contributed by atoms with Crippen LogP contribution in [-0.2, 0) is 4.79 Å². The Kier molecular flexibility index (Phi) is 3.81. The molecular weight excluding hydrogens is 234 g/mol. The number of rotatable bonds is 6. The second-order valence-electron chi connectivity index (χ2n) is 4.40. The van der Waals surface area contributed by atoms with Gasteiger partial charge in [-0.25, -0.2) is 0 Å². The minimum atomic E-state index is -0.299. The Morgan fingerprint density at radius 2 is 2.28 bits per heavy atom. The van der Waals surface area contributed by atoms with E-state index in [1.165, 1.54) is 6.20 Å². The third-order valence-electron chi connectivity index (χ3n) is 2.70. The summed E-state index contributed by atoms with van der Waals surface area (Å²) in [4.78, 5) is 23.0. The zero-order chi connectivity index (χ0) is 13.0. The highest BCUT2D eigenvalue weighted by molar-refractivity contribution is 5.96. The molecule has 1 aromatic rings. The third kappa shape index (κ3) is 3.47. The second kappa shape index (κ2) is 5.52. The summed E-state index contributed by atoms with van der Waals surface area (Å²) in [5.41, 5.74) is 6.12. The standard InChI is InChI=1S/C11H17N5O2/c12-8-6-14-16-10(8)11(18)13-5-1-2-9(17)15-7-3-4-7/h6-7H,1-5,12H2,(H,13,18)(H,14,16)(H,15,17). The summed E-state index contributed by atoms with van der Waals surface area (Å²) in [6.07, 6.45) is 4.59. The number of hydrogen-bond donors (Lipinski definition) is 4. The van der Waals surface area contributed by atoms with Crippen LogP contribution < -0.4 is 16.4 Å². The number of nitrogens with one attached hydrogen (secondary N) is 3. The lowest BCUT2D eigenvalue weighted by molar-refractivity contribution is -0.121. The van der Waals surface area contributed by atoms with Crippen molar-refractivity contribution in [3.63, 3.8) is 0 Å². The number of aromatic amines is 1. The van der Waals surface area contributed by atoms with Gasteiger partial charge < -0.3 is 16.4 Å². The van der Waals surface area contributed by atoms with Crippen LogP contribution >= 0.6 is 0 Å². The lowest BCUT2D eigenvalue weighted by Crippen LogP contribution is -2.28. The molecule has 1 aromatic heterocycles. The van der Waals surface area contributed by atoms with E-state index in [0.717, 1.165) is 12.8 Å². The molecule has 2 amide bonds. The fourth-order valence-electron chi connectivity index (χ4n) is 1.54. The van der Waals surface area contributed by atoms with E-state index >= 15 is 0 Å². The Morgan fingerprint density at radius 3 is 2.89 bits per heavy atom. The maximum absolute atomic E-state index is 11.6. The van der Waals surface area contributed by atoms with Crippen LogP contribution in [0.1, 0.15) is 36.2 Å². The average molecular weight is 251 g/mol. The molecule has 0 bridgehead atoms. The van der Waals surface area contributed by atoms with Gasteiger partial charge in [0.25, 0.3) is 5.91 Å². The molecule has 1 aliphatic carbocycles. The van der Waals surface area contributed by atoms with Gasteiger partial charge in [0.1, 0.15) is 5.69 Å². The van der Waals surface area contributed by atoms with Crippen LogP contribution in [0.4, 0.5) is 5.69 Å². The molecule has 7 heteroatoms. The second-order valence-corrected chi connectivity index (χ2v) is 4.40. The number of nitrogens with zero attached hydrogens (tertiary/aromatic N) is 1. The van der Waals surface area contributed by atoms with Crippen LogP contribution in [0.15, 0.2) is 6.20 Å². The van der Waals surface area contributed by atoms with Crippen molar-refractivity contribution in [3.05, 3.63) is 11.9 Å². The quantitative estimate of drug-likeness (QED) is 0.523. The van der Waals surface area contributed by atoms with Gasteiger partial charge in [-0.3, -0.25) is 14.7 Å². The van der Waals surface area contributed by atoms with Crippen molar-refractivity contribution in [3.8, 4) is 0 Å². The fraction of sp³-hybridized carbons (Fsp3) is 0.545. The lowest BCUT2D eigenvalue weighted by atomic mass is 10.3. The number of nitrogens with two attached hydrogens (primary N) is 1. The summed E-state index contributed by atoms with van der Waals surface area (Å²) in [7, 11) is 0. The molecule has 0 atom stereocenters. The SMILES string of the molecule is Nc1cn[nH]c1C(=O)NCCCC(=O)NC1CC1. The highest BCUT2D eigenvalue weighted by Gasteiger charge is 2.22. The van der Waals surface area contributed by atoms with Gasteiger partial charge >= 0.3 is 0 Å². The van der Waals surface area contributed by atoms with Crippen molar-refractivity contribution in [2.45, 2.75) is 31.7 Å². The van der Waals surface area contributed by atoms with Crippen LogP contribution in [0.5, 0.6) is 0 Å². The van der Waals surface area contributed by atoms with Gasteiger partial charge in [0.05, 0.1) is 11.9 Å². The first-order valence-corrected chi connectivity index (χ1v) is 6.03. The molecule has 98 valence electrons. The van der Waals surface area contributed by atoms with Gasteiger partial charge in [-0.15, -0.1) is 0 Å². The highest BCUT2D eigenvalue weighted by atomic mass is 16.2. The van der Waals surface area contributed by atoms with Gasteiger partial charge in [0, 0.05) is 19.0 Å². The van der Waals surface area contributed by atoms with Gasteiger partial charge in [-0.1, -0.05) is 0 Å². The normalized spacial score (nSPS) is 14.2. The molecule has 1 heterocycles. The topological polar surface area (TPSA) is 113 Å². The van der Waals surface area contributed by atoms with Crippen LogP contribution in [0.3, 0.4) is 0 Å². The molecule has 0 spiro atoms. The Labute approximate surface area is 105 Å². The summed E-state index contributed by atoms with van der Waals surface area (Å²) in [6.45, 7) is 0.440. The maximum atomic E-state index is 11.6. The van der Waals surface area contributed by atoms with E-state index < -0.39 is 0 Å². The number of hydrogen-bond acceptors (Lipinski definition) is 4. The fourth-order valence-corrected chi connectivity index (χ4v) is 1.54. The number of carbonyl (C=O) groups excluding carboxylic acids is 2. The molecule has 0 aliphatic heterocycles. The number of aromatic nitrogens is 2. The molecule has 1 aliphatic rings. The smallest absolute Gasteiger partial charge is 0.271 e. The molecule has 5 N–H and O–H groups in total. The van der Waals surface area contributed by atoms with Crippen LogP contribution in [0, 0.1) is 0 Å². The first kappa shape index (κ1) is 12.4. The van der Waals surface area contributed by atoms with E-state index in [2.05, 4.69) is 20.8 Å². The molecule has 0 aromatic carbocycles. The van der Waals surface area contributed by atoms with Crippen molar-refractivity contribution in [2.75, 3.05) is 12.3 Å². The van der Waals surface area contributed by atoms with Crippen LogP contribution in [0.2, 0.25) is 0 Å². The Balaban J connectivity index is 1.61. The maximum Gasteiger partial charge on any atom is 0.271 e. The summed E-state index contributed by atoms with van der Waals surface area (Å²) >= 11 is 0. The van der Waals surface area contributed by atoms with Crippen molar-refractivity contribution in [1.82, 2.24) is 20.8 Å². The molecule has 2 rings (SSSR count). The van der Waals surface area contributed by atoms with Gasteiger partial charge in [-0.05, 0) is 19.3 Å². The van der Waals surface area contributed by atoms with Gasteiger partial charge in [-0.2, -0.15) is 5.10 Å². The van der Waals surface area contributed by atoms with E-state index in [1.54, 1.807) is 0 Å². The zero-order valence-corrected chi connectivity index (χ0v) is 10.0. The molecule has 18 heavy (non-hydrogen) atoms. The Bertz CT molecular complexity index is 438. The summed E-state index contributed by atoms with van der Waals surface area (Å²) in [6, 6.07) is 0.386. The number of carbonyl (C=O) groups is 2. The van der Waals surface area contributed by atoms with E-state index in [1.807, 2.05) is 0 Å². The highest BCUT2D eigenvalue weighted by Crippen LogP contribution is 2.18. The predicted molar refractivity (Wildman–Crippen MR) is 65.7 cm³/mol. The Hall–Kier alpha value is -2.05. The molecule has 7 nitrogen and oxygen atoms in total. The molecule has 1 saturated carbocycles. The lowest BCUT2D eigenvalue weighted by Gasteiger charge is -2.05. The summed E-state index contributed by atoms with van der Waals surface area (Å²) in [5.74, 6) is -0.250. The first-order chi connectivity index (χ1) is 8.66. The van der Waals surface area contributed by atoms with Crippen LogP contribution in [0.25, 0.3) is 0 Å². The predicted octanol–water partition coefficient (Wildman–Crippen LogP) is -0.219. The number of amides is 2. The van der Waals surface area contributed by atoms with Crippen molar-refractivity contribution >= 4 is 17.5 Å². The molecule has 0 unspecified atom stereocenters. The van der Waals surface area contributed by atoms with Gasteiger partial charge in [0.2, 0.25) is 5.91 Å². The number of H-pyrrole nitrogens is 1. The number of anilines is 1. The third-order valence-corrected chi connectivity index (χ3v) is 2.70. The monoisotopic (exact) mass is 251 g/mol. The first-order valence-electron chi connectivity index (χ1n) is 6.03. The molecule has 0 saturated heterocycles. The van der Waals surface area contributed by atoms with Gasteiger partial charge in [0.15, 0.2) is 0 Å². The average Bonchev–Trinajstić information content (AvgIpc) is 3.04. The van der Waals surface area contributed by atoms with Crippen molar-refractivity contribution < 1.29 is 9.59 Å². The summed E-state index contributed by atoms with van der Waals surface area (Å²) in [5, 5.41) is 11.8. The molecular formula is C11H17N5O2. The number of nitrogen functional groups attached to an aromatic ring is 1. The van der Waals surface area contributed by atoms with Crippen molar-refractivity contribution in [2.24, 2.45) is 0 Å². The van der Waals surface area contributed by atoms with E-state index in [0.29, 0.717) is 31.1 Å². The molecule has 1 fully saturated rings. The van der Waals surface area contributed by atoms with Crippen molar-refractivity contribution in [1.29, 1.82) is 0 Å². The van der Waals surface area contributed by atoms with E-state index in [-0.39, 0.29) is 17.5 Å². The summed E-state index contributed by atoms with van der Waals surface area (Å²) < 4.78 is 0. The van der Waals surface area contributed by atoms with Crippen LogP contribution in [-0.4, -0.2) is 34.6 Å².